The van der Waals surface area contributed by atoms with Crippen LogP contribution in [0.2, 0.25) is 0 Å². The van der Waals surface area contributed by atoms with E-state index in [1.54, 1.807) is 6.07 Å². The first kappa shape index (κ1) is 11.7. The highest BCUT2D eigenvalue weighted by Crippen LogP contribution is 2.08. The maximum absolute atomic E-state index is 12.9. The number of hydrogen-bond donors (Lipinski definition) is 1. The van der Waals surface area contributed by atoms with Gasteiger partial charge in [0, 0.05) is 19.2 Å². The van der Waals surface area contributed by atoms with Crippen LogP contribution in [0.15, 0.2) is 28.8 Å². The fourth-order valence-corrected chi connectivity index (χ4v) is 1.49. The van der Waals surface area contributed by atoms with Crippen molar-refractivity contribution in [3.8, 4) is 0 Å². The standard InChI is InChI=1S/C12H12F2N2O/c1-8-4-10(16-17-8)7-15-6-9-2-3-11(13)12(14)5-9/h2-5,15H,6-7H2,1H3. The Kier molecular flexibility index (Phi) is 3.49. The third-order valence-corrected chi connectivity index (χ3v) is 2.30. The summed E-state index contributed by atoms with van der Waals surface area (Å²) >= 11 is 0. The molecule has 2 rings (SSSR count). The molecule has 0 bridgehead atoms. The van der Waals surface area contributed by atoms with Crippen LogP contribution in [-0.2, 0) is 13.1 Å². The lowest BCUT2D eigenvalue weighted by Gasteiger charge is -2.03. The van der Waals surface area contributed by atoms with Crippen LogP contribution in [0.5, 0.6) is 0 Å². The number of halogens is 2. The smallest absolute Gasteiger partial charge is 0.159 e. The molecule has 1 heterocycles. The molecule has 1 aromatic carbocycles. The quantitative estimate of drug-likeness (QED) is 0.889. The first-order valence-corrected chi connectivity index (χ1v) is 5.22. The van der Waals surface area contributed by atoms with E-state index < -0.39 is 11.6 Å². The van der Waals surface area contributed by atoms with E-state index in [1.165, 1.54) is 6.07 Å². The second kappa shape index (κ2) is 5.05. The molecule has 0 aliphatic carbocycles. The van der Waals surface area contributed by atoms with E-state index >= 15 is 0 Å². The first-order chi connectivity index (χ1) is 8.15. The summed E-state index contributed by atoms with van der Waals surface area (Å²) in [5.41, 5.74) is 1.47. The highest BCUT2D eigenvalue weighted by molar-refractivity contribution is 5.17. The van der Waals surface area contributed by atoms with E-state index in [9.17, 15) is 8.78 Å². The van der Waals surface area contributed by atoms with Crippen LogP contribution >= 0.6 is 0 Å². The summed E-state index contributed by atoms with van der Waals surface area (Å²) in [4.78, 5) is 0. The van der Waals surface area contributed by atoms with E-state index in [-0.39, 0.29) is 0 Å². The van der Waals surface area contributed by atoms with Gasteiger partial charge in [-0.1, -0.05) is 11.2 Å². The summed E-state index contributed by atoms with van der Waals surface area (Å²) in [5, 5.41) is 6.87. The normalized spacial score (nSPS) is 10.8. The van der Waals surface area contributed by atoms with Crippen LogP contribution in [0.1, 0.15) is 17.0 Å². The van der Waals surface area contributed by atoms with Crippen molar-refractivity contribution in [3.05, 3.63) is 52.9 Å². The maximum atomic E-state index is 12.9. The Hall–Kier alpha value is -1.75. The second-order valence-corrected chi connectivity index (χ2v) is 3.78. The third kappa shape index (κ3) is 3.10. The zero-order chi connectivity index (χ0) is 12.3. The summed E-state index contributed by atoms with van der Waals surface area (Å²) in [6.45, 7) is 2.78. The number of benzene rings is 1. The van der Waals surface area contributed by atoms with E-state index in [0.29, 0.717) is 18.7 Å². The van der Waals surface area contributed by atoms with Gasteiger partial charge in [0.25, 0.3) is 0 Å². The fraction of sp³-hybridized carbons (Fsp3) is 0.250. The summed E-state index contributed by atoms with van der Waals surface area (Å²) in [6, 6.07) is 5.65. The number of rotatable bonds is 4. The van der Waals surface area contributed by atoms with E-state index in [2.05, 4.69) is 10.5 Å². The van der Waals surface area contributed by atoms with Gasteiger partial charge in [-0.05, 0) is 24.6 Å². The maximum Gasteiger partial charge on any atom is 0.159 e. The fourth-order valence-electron chi connectivity index (χ4n) is 1.49. The average molecular weight is 238 g/mol. The molecule has 0 radical (unpaired) electrons. The van der Waals surface area contributed by atoms with Crippen LogP contribution in [0.4, 0.5) is 8.78 Å². The molecule has 0 saturated heterocycles. The first-order valence-electron chi connectivity index (χ1n) is 5.22. The molecule has 0 amide bonds. The predicted molar refractivity (Wildman–Crippen MR) is 58.1 cm³/mol. The molecule has 3 nitrogen and oxygen atoms in total. The minimum Gasteiger partial charge on any atom is -0.361 e. The molecule has 0 fully saturated rings. The van der Waals surface area contributed by atoms with Crippen LogP contribution in [-0.4, -0.2) is 5.16 Å². The van der Waals surface area contributed by atoms with E-state index in [0.717, 1.165) is 17.5 Å². The number of nitrogens with one attached hydrogen (secondary N) is 1. The molecule has 2 aromatic rings. The lowest BCUT2D eigenvalue weighted by atomic mass is 10.2. The van der Waals surface area contributed by atoms with Crippen LogP contribution in [0.25, 0.3) is 0 Å². The largest absolute Gasteiger partial charge is 0.361 e. The second-order valence-electron chi connectivity index (χ2n) is 3.78. The minimum atomic E-state index is -0.833. The van der Waals surface area contributed by atoms with Crippen molar-refractivity contribution in [3.63, 3.8) is 0 Å². The van der Waals surface area contributed by atoms with Crippen molar-refractivity contribution in [2.45, 2.75) is 20.0 Å². The highest BCUT2D eigenvalue weighted by Gasteiger charge is 2.03. The summed E-state index contributed by atoms with van der Waals surface area (Å²) in [5.74, 6) is -0.919. The Morgan fingerprint density at radius 2 is 2.00 bits per heavy atom. The van der Waals surface area contributed by atoms with Crippen LogP contribution in [0.3, 0.4) is 0 Å². The zero-order valence-electron chi connectivity index (χ0n) is 9.34. The van der Waals surface area contributed by atoms with E-state index in [4.69, 9.17) is 4.52 Å². The number of aryl methyl sites for hydroxylation is 1. The van der Waals surface area contributed by atoms with Crippen LogP contribution < -0.4 is 5.32 Å². The molecule has 0 aliphatic rings. The Labute approximate surface area is 97.4 Å². The van der Waals surface area contributed by atoms with Gasteiger partial charge in [0.05, 0.1) is 5.69 Å². The molecule has 0 unspecified atom stereocenters. The minimum absolute atomic E-state index is 0.448. The van der Waals surface area contributed by atoms with Gasteiger partial charge in [-0.25, -0.2) is 8.78 Å². The topological polar surface area (TPSA) is 38.1 Å². The van der Waals surface area contributed by atoms with Gasteiger partial charge in [-0.3, -0.25) is 0 Å². The molecular weight excluding hydrogens is 226 g/mol. The Balaban J connectivity index is 1.87. The molecule has 17 heavy (non-hydrogen) atoms. The molecule has 1 N–H and O–H groups in total. The molecule has 1 aromatic heterocycles. The van der Waals surface area contributed by atoms with E-state index in [1.807, 2.05) is 13.0 Å². The molecular formula is C12H12F2N2O. The van der Waals surface area contributed by atoms with Gasteiger partial charge >= 0.3 is 0 Å². The third-order valence-electron chi connectivity index (χ3n) is 2.30. The zero-order valence-corrected chi connectivity index (χ0v) is 9.34. The summed E-state index contributed by atoms with van der Waals surface area (Å²) < 4.78 is 30.5. The summed E-state index contributed by atoms with van der Waals surface area (Å²) in [6.07, 6.45) is 0. The predicted octanol–water partition coefficient (Wildman–Crippen LogP) is 2.55. The van der Waals surface area contributed by atoms with Crippen molar-refractivity contribution in [1.82, 2.24) is 10.5 Å². The van der Waals surface area contributed by atoms with Crippen molar-refractivity contribution < 1.29 is 13.3 Å². The molecule has 0 atom stereocenters. The number of aromatic nitrogens is 1. The number of nitrogens with zero attached hydrogens (tertiary/aromatic N) is 1. The lowest BCUT2D eigenvalue weighted by Crippen LogP contribution is -2.13. The Bertz CT molecular complexity index is 511. The van der Waals surface area contributed by atoms with Gasteiger partial charge in [0.15, 0.2) is 11.6 Å². The van der Waals surface area contributed by atoms with Gasteiger partial charge in [-0.2, -0.15) is 0 Å². The Morgan fingerprint density at radius 1 is 1.18 bits per heavy atom. The van der Waals surface area contributed by atoms with Gasteiger partial charge in [0.2, 0.25) is 0 Å². The van der Waals surface area contributed by atoms with Gasteiger partial charge in [0.1, 0.15) is 5.76 Å². The Morgan fingerprint density at radius 3 is 2.65 bits per heavy atom. The van der Waals surface area contributed by atoms with Crippen molar-refractivity contribution >= 4 is 0 Å². The molecule has 0 spiro atoms. The molecule has 90 valence electrons. The molecule has 0 aliphatic heterocycles. The monoisotopic (exact) mass is 238 g/mol. The molecule has 5 heteroatoms. The lowest BCUT2D eigenvalue weighted by molar-refractivity contribution is 0.388. The average Bonchev–Trinajstić information content (AvgIpc) is 2.70. The van der Waals surface area contributed by atoms with Crippen LogP contribution in [0, 0.1) is 18.6 Å². The van der Waals surface area contributed by atoms with Crippen molar-refractivity contribution in [2.24, 2.45) is 0 Å². The molecule has 0 saturated carbocycles. The summed E-state index contributed by atoms with van der Waals surface area (Å²) in [7, 11) is 0. The SMILES string of the molecule is Cc1cc(CNCc2ccc(F)c(F)c2)no1. The van der Waals surface area contributed by atoms with Crippen molar-refractivity contribution in [2.75, 3.05) is 0 Å². The van der Waals surface area contributed by atoms with Gasteiger partial charge in [-0.15, -0.1) is 0 Å². The number of hydrogen-bond acceptors (Lipinski definition) is 3. The van der Waals surface area contributed by atoms with Gasteiger partial charge < -0.3 is 9.84 Å². The van der Waals surface area contributed by atoms with Crippen molar-refractivity contribution in [1.29, 1.82) is 0 Å². The highest BCUT2D eigenvalue weighted by atomic mass is 19.2.